The quantitative estimate of drug-likeness (QED) is 0.391. The molecule has 0 aliphatic heterocycles. The summed E-state index contributed by atoms with van der Waals surface area (Å²) in [4.78, 5) is 0. The standard InChI is InChI=1S/C26H20N2O2/c1-29-24-14-13-23(21(17-27)15-19-9-5-3-6-10-19)25(26(24)30-2)22(18-28)16-20-11-7-4-8-12-20/h3-16H,1-2H3. The number of nitriles is 2. The van der Waals surface area contributed by atoms with Gasteiger partial charge in [-0.1, -0.05) is 60.7 Å². The van der Waals surface area contributed by atoms with Crippen molar-refractivity contribution in [1.29, 1.82) is 10.5 Å². The molecule has 0 heterocycles. The van der Waals surface area contributed by atoms with Gasteiger partial charge in [0.05, 0.1) is 37.5 Å². The molecule has 0 aliphatic carbocycles. The number of ether oxygens (including phenoxy) is 2. The van der Waals surface area contributed by atoms with Gasteiger partial charge in [0.2, 0.25) is 0 Å². The molecule has 0 spiro atoms. The third-order valence-corrected chi connectivity index (χ3v) is 4.57. The van der Waals surface area contributed by atoms with E-state index < -0.39 is 0 Å². The molecule has 3 rings (SSSR count). The fraction of sp³-hybridized carbons (Fsp3) is 0.0769. The highest BCUT2D eigenvalue weighted by Crippen LogP contribution is 2.41. The minimum Gasteiger partial charge on any atom is -0.493 e. The van der Waals surface area contributed by atoms with Crippen molar-refractivity contribution < 1.29 is 9.47 Å². The number of methoxy groups -OCH3 is 2. The van der Waals surface area contributed by atoms with Crippen LogP contribution in [0.3, 0.4) is 0 Å². The summed E-state index contributed by atoms with van der Waals surface area (Å²) in [6.07, 6.45) is 3.57. The molecule has 0 saturated carbocycles. The van der Waals surface area contributed by atoms with Gasteiger partial charge in [-0.05, 0) is 35.4 Å². The zero-order chi connectivity index (χ0) is 21.3. The molecule has 0 amide bonds. The van der Waals surface area contributed by atoms with E-state index in [1.165, 1.54) is 7.11 Å². The molecule has 146 valence electrons. The van der Waals surface area contributed by atoms with Crippen LogP contribution in [0.15, 0.2) is 72.8 Å². The second kappa shape index (κ2) is 9.78. The van der Waals surface area contributed by atoms with Crippen LogP contribution in [0.2, 0.25) is 0 Å². The van der Waals surface area contributed by atoms with Gasteiger partial charge >= 0.3 is 0 Å². The average Bonchev–Trinajstić information content (AvgIpc) is 2.81. The van der Waals surface area contributed by atoms with E-state index in [2.05, 4.69) is 12.1 Å². The van der Waals surface area contributed by atoms with Gasteiger partial charge in [-0.25, -0.2) is 0 Å². The first-order valence-corrected chi connectivity index (χ1v) is 9.31. The molecule has 4 nitrogen and oxygen atoms in total. The van der Waals surface area contributed by atoms with Crippen LogP contribution in [0.25, 0.3) is 23.3 Å². The minimum atomic E-state index is 0.376. The minimum absolute atomic E-state index is 0.376. The molecule has 30 heavy (non-hydrogen) atoms. The number of hydrogen-bond acceptors (Lipinski definition) is 4. The molecule has 0 aromatic heterocycles. The molecule has 0 atom stereocenters. The summed E-state index contributed by atoms with van der Waals surface area (Å²) in [5.74, 6) is 0.899. The van der Waals surface area contributed by atoms with Crippen LogP contribution in [0, 0.1) is 22.7 Å². The van der Waals surface area contributed by atoms with Crippen LogP contribution in [0.5, 0.6) is 11.5 Å². The Labute approximate surface area is 176 Å². The van der Waals surface area contributed by atoms with Crippen LogP contribution >= 0.6 is 0 Å². The van der Waals surface area contributed by atoms with Gasteiger partial charge in [0.1, 0.15) is 0 Å². The van der Waals surface area contributed by atoms with Crippen LogP contribution in [0.4, 0.5) is 0 Å². The van der Waals surface area contributed by atoms with E-state index in [4.69, 9.17) is 9.47 Å². The highest BCUT2D eigenvalue weighted by Gasteiger charge is 2.21. The van der Waals surface area contributed by atoms with Crippen molar-refractivity contribution in [3.05, 3.63) is 95.1 Å². The van der Waals surface area contributed by atoms with Gasteiger partial charge in [0, 0.05) is 11.1 Å². The highest BCUT2D eigenvalue weighted by atomic mass is 16.5. The first kappa shape index (κ1) is 20.5. The fourth-order valence-electron chi connectivity index (χ4n) is 3.18. The van der Waals surface area contributed by atoms with Crippen molar-refractivity contribution in [1.82, 2.24) is 0 Å². The smallest absolute Gasteiger partial charge is 0.169 e. The third kappa shape index (κ3) is 4.41. The first-order chi connectivity index (χ1) is 14.7. The average molecular weight is 392 g/mol. The molecule has 0 bridgehead atoms. The Morgan fingerprint density at radius 1 is 0.700 bits per heavy atom. The number of allylic oxidation sites excluding steroid dienone is 2. The van der Waals surface area contributed by atoms with Crippen molar-refractivity contribution in [3.8, 4) is 23.6 Å². The zero-order valence-electron chi connectivity index (χ0n) is 16.8. The molecule has 0 fully saturated rings. The maximum absolute atomic E-state index is 9.98. The van der Waals surface area contributed by atoms with Crippen molar-refractivity contribution in [2.24, 2.45) is 0 Å². The molecule has 0 unspecified atom stereocenters. The lowest BCUT2D eigenvalue weighted by Gasteiger charge is -2.16. The van der Waals surface area contributed by atoms with E-state index in [0.717, 1.165) is 11.1 Å². The number of hydrogen-bond donors (Lipinski definition) is 0. The predicted molar refractivity (Wildman–Crippen MR) is 119 cm³/mol. The molecule has 0 aliphatic rings. The summed E-state index contributed by atoms with van der Waals surface area (Å²) in [5, 5.41) is 19.9. The van der Waals surface area contributed by atoms with E-state index in [1.807, 2.05) is 60.7 Å². The zero-order valence-corrected chi connectivity index (χ0v) is 16.8. The lowest BCUT2D eigenvalue weighted by molar-refractivity contribution is 0.354. The summed E-state index contributed by atoms with van der Waals surface area (Å²) in [6.45, 7) is 0. The Bertz CT molecular complexity index is 1170. The van der Waals surface area contributed by atoms with E-state index in [1.54, 1.807) is 31.4 Å². The van der Waals surface area contributed by atoms with E-state index >= 15 is 0 Å². The first-order valence-electron chi connectivity index (χ1n) is 9.31. The Morgan fingerprint density at radius 3 is 1.70 bits per heavy atom. The second-order valence-corrected chi connectivity index (χ2v) is 6.38. The number of rotatable bonds is 6. The van der Waals surface area contributed by atoms with Crippen LogP contribution < -0.4 is 9.47 Å². The third-order valence-electron chi connectivity index (χ3n) is 4.57. The maximum atomic E-state index is 9.98. The topological polar surface area (TPSA) is 66.0 Å². The van der Waals surface area contributed by atoms with Gasteiger partial charge in [-0.15, -0.1) is 0 Å². The van der Waals surface area contributed by atoms with Gasteiger partial charge < -0.3 is 9.47 Å². The molecule has 0 N–H and O–H groups in total. The van der Waals surface area contributed by atoms with Crippen molar-refractivity contribution in [3.63, 3.8) is 0 Å². The molecular formula is C26H20N2O2. The summed E-state index contributed by atoms with van der Waals surface area (Å²) >= 11 is 0. The Hall–Kier alpha value is -4.28. The molecule has 3 aromatic rings. The van der Waals surface area contributed by atoms with Crippen LogP contribution in [-0.2, 0) is 0 Å². The molecule has 0 radical (unpaired) electrons. The van der Waals surface area contributed by atoms with Crippen molar-refractivity contribution >= 4 is 23.3 Å². The van der Waals surface area contributed by atoms with Crippen LogP contribution in [0.1, 0.15) is 22.3 Å². The van der Waals surface area contributed by atoms with E-state index in [9.17, 15) is 10.5 Å². The van der Waals surface area contributed by atoms with Crippen LogP contribution in [-0.4, -0.2) is 14.2 Å². The van der Waals surface area contributed by atoms with Crippen molar-refractivity contribution in [2.75, 3.05) is 14.2 Å². The number of nitrogens with zero attached hydrogens (tertiary/aromatic N) is 2. The SMILES string of the molecule is COc1ccc(C(C#N)=Cc2ccccc2)c(C(C#N)=Cc2ccccc2)c1OC. The number of benzene rings is 3. The van der Waals surface area contributed by atoms with Gasteiger partial charge in [-0.2, -0.15) is 10.5 Å². The summed E-state index contributed by atoms with van der Waals surface area (Å²) < 4.78 is 11.1. The Morgan fingerprint density at radius 2 is 1.23 bits per heavy atom. The van der Waals surface area contributed by atoms with E-state index in [0.29, 0.717) is 33.8 Å². The van der Waals surface area contributed by atoms with E-state index in [-0.39, 0.29) is 0 Å². The van der Waals surface area contributed by atoms with Gasteiger partial charge in [-0.3, -0.25) is 0 Å². The molecule has 3 aromatic carbocycles. The lowest BCUT2D eigenvalue weighted by Crippen LogP contribution is -2.00. The molecular weight excluding hydrogens is 372 g/mol. The molecule has 4 heteroatoms. The summed E-state index contributed by atoms with van der Waals surface area (Å²) in [5.41, 5.74) is 3.68. The Balaban J connectivity index is 2.29. The monoisotopic (exact) mass is 392 g/mol. The molecule has 0 saturated heterocycles. The largest absolute Gasteiger partial charge is 0.493 e. The van der Waals surface area contributed by atoms with Crippen molar-refractivity contribution in [2.45, 2.75) is 0 Å². The maximum Gasteiger partial charge on any atom is 0.169 e. The summed E-state index contributed by atoms with van der Waals surface area (Å²) in [7, 11) is 3.06. The Kier molecular flexibility index (Phi) is 6.66. The lowest BCUT2D eigenvalue weighted by atomic mass is 9.91. The predicted octanol–water partition coefficient (Wildman–Crippen LogP) is 5.83. The highest BCUT2D eigenvalue weighted by molar-refractivity contribution is 6.01. The van der Waals surface area contributed by atoms with Gasteiger partial charge in [0.15, 0.2) is 11.5 Å². The summed E-state index contributed by atoms with van der Waals surface area (Å²) in [6, 6.07) is 27.2. The normalized spacial score (nSPS) is 11.3. The fourth-order valence-corrected chi connectivity index (χ4v) is 3.18. The van der Waals surface area contributed by atoms with Gasteiger partial charge in [0.25, 0.3) is 0 Å². The second-order valence-electron chi connectivity index (χ2n) is 6.38.